The van der Waals surface area contributed by atoms with Crippen LogP contribution in [0, 0.1) is 17.7 Å². The molecule has 0 spiro atoms. The number of hydrogen-bond donors (Lipinski definition) is 3. The van der Waals surface area contributed by atoms with Crippen molar-refractivity contribution in [1.82, 2.24) is 23.2 Å². The molecule has 2 aromatic heterocycles. The maximum Gasteiger partial charge on any atom is 0.358 e. The summed E-state index contributed by atoms with van der Waals surface area (Å²) in [5.74, 6) is -4.74. The van der Waals surface area contributed by atoms with Crippen molar-refractivity contribution in [1.29, 1.82) is 0 Å². The molecule has 1 saturated heterocycles. The van der Waals surface area contributed by atoms with Crippen molar-refractivity contribution in [3.05, 3.63) is 57.5 Å². The summed E-state index contributed by atoms with van der Waals surface area (Å²) in [4.78, 5) is 52.9. The number of sulfone groups is 1. The summed E-state index contributed by atoms with van der Waals surface area (Å²) < 4.78 is 63.0. The highest BCUT2D eigenvalue weighted by Gasteiger charge is 2.28. The summed E-state index contributed by atoms with van der Waals surface area (Å²) in [6.07, 6.45) is 3.26. The van der Waals surface area contributed by atoms with Gasteiger partial charge in [-0.2, -0.15) is 0 Å². The highest BCUT2D eigenvalue weighted by molar-refractivity contribution is 7.90. The molecule has 252 valence electrons. The molecular formula is C27H35FN6O10S2. The number of carboxylic acid groups (broad SMARTS) is 1. The monoisotopic (exact) mass is 686 g/mol. The first-order valence-corrected chi connectivity index (χ1v) is 17.2. The van der Waals surface area contributed by atoms with Crippen LogP contribution in [0.4, 0.5) is 4.39 Å². The molecular weight excluding hydrogens is 651 g/mol. The first-order chi connectivity index (χ1) is 21.1. The lowest BCUT2D eigenvalue weighted by atomic mass is 9.92. The van der Waals surface area contributed by atoms with Gasteiger partial charge in [0.25, 0.3) is 0 Å². The number of likely N-dealkylation sites (tertiary alicyclic amines) is 1. The number of aromatic carboxylic acids is 1. The van der Waals surface area contributed by atoms with Crippen molar-refractivity contribution >= 4 is 43.4 Å². The zero-order valence-electron chi connectivity index (χ0n) is 25.7. The lowest BCUT2D eigenvalue weighted by molar-refractivity contribution is -0.134. The first-order valence-electron chi connectivity index (χ1n) is 13.7. The third kappa shape index (κ3) is 8.07. The van der Waals surface area contributed by atoms with E-state index in [9.17, 15) is 50.6 Å². The zero-order chi connectivity index (χ0) is 34.9. The van der Waals surface area contributed by atoms with Crippen molar-refractivity contribution in [2.75, 3.05) is 33.4 Å². The minimum atomic E-state index is -3.88. The van der Waals surface area contributed by atoms with Crippen molar-refractivity contribution in [2.24, 2.45) is 17.6 Å². The Hall–Kier alpha value is -4.36. The van der Waals surface area contributed by atoms with E-state index >= 15 is 0 Å². The molecule has 46 heavy (non-hydrogen) atoms. The fourth-order valence-electron chi connectivity index (χ4n) is 5.11. The topological polar surface area (TPSA) is 232 Å². The molecule has 0 bridgehead atoms. The number of aromatic hydroxyl groups is 1. The molecule has 2 unspecified atom stereocenters. The molecule has 4 rings (SSSR count). The molecule has 2 atom stereocenters. The van der Waals surface area contributed by atoms with E-state index in [0.717, 1.165) is 39.6 Å². The normalized spacial score (nSPS) is 17.1. The minimum Gasteiger partial charge on any atom is -0.501 e. The van der Waals surface area contributed by atoms with E-state index < -0.39 is 65.2 Å². The van der Waals surface area contributed by atoms with Gasteiger partial charge in [0.05, 0.1) is 21.9 Å². The van der Waals surface area contributed by atoms with Gasteiger partial charge < -0.3 is 25.4 Å². The molecule has 1 fully saturated rings. The van der Waals surface area contributed by atoms with E-state index in [4.69, 9.17) is 5.73 Å². The van der Waals surface area contributed by atoms with Crippen molar-refractivity contribution in [3.63, 3.8) is 0 Å². The number of aromatic nitrogens is 3. The number of carbonyl (C=O) groups excluding carboxylic acids is 2. The molecule has 3 aromatic rings. The van der Waals surface area contributed by atoms with Gasteiger partial charge in [0, 0.05) is 39.6 Å². The lowest BCUT2D eigenvalue weighted by Crippen LogP contribution is -2.44. The molecule has 0 aliphatic carbocycles. The van der Waals surface area contributed by atoms with Crippen LogP contribution in [0.3, 0.4) is 0 Å². The minimum absolute atomic E-state index is 0.0228. The van der Waals surface area contributed by atoms with Crippen LogP contribution in [0.1, 0.15) is 46.8 Å². The van der Waals surface area contributed by atoms with Gasteiger partial charge in [0.15, 0.2) is 15.5 Å². The number of nitrogens with two attached hydrogens (primary N) is 1. The number of carbonyl (C=O) groups is 3. The van der Waals surface area contributed by atoms with E-state index in [1.54, 1.807) is 4.90 Å². The number of hydrogen-bond acceptors (Lipinski definition) is 10. The van der Waals surface area contributed by atoms with Crippen LogP contribution >= 0.6 is 0 Å². The number of rotatable bonds is 8. The largest absolute Gasteiger partial charge is 0.501 e. The molecule has 3 heterocycles. The van der Waals surface area contributed by atoms with Crippen molar-refractivity contribution < 1.29 is 45.8 Å². The van der Waals surface area contributed by atoms with E-state index in [2.05, 4.69) is 4.98 Å². The van der Waals surface area contributed by atoms with Crippen LogP contribution < -0.4 is 11.3 Å². The molecule has 4 N–H and O–H groups in total. The molecule has 0 saturated carbocycles. The van der Waals surface area contributed by atoms with Crippen LogP contribution in [-0.2, 0) is 37.0 Å². The summed E-state index contributed by atoms with van der Waals surface area (Å²) >= 11 is 0. The first kappa shape index (κ1) is 36.1. The van der Waals surface area contributed by atoms with Gasteiger partial charge in [-0.25, -0.2) is 39.7 Å². The summed E-state index contributed by atoms with van der Waals surface area (Å²) in [6, 6.07) is 2.80. The van der Waals surface area contributed by atoms with E-state index in [1.165, 1.54) is 24.9 Å². The van der Waals surface area contributed by atoms with Crippen LogP contribution in [0.2, 0.25) is 0 Å². The number of amides is 2. The maximum atomic E-state index is 13.0. The second-order valence-corrected chi connectivity index (χ2v) is 15.7. The number of benzene rings is 1. The molecule has 0 radical (unpaired) electrons. The Morgan fingerprint density at radius 3 is 2.20 bits per heavy atom. The predicted molar refractivity (Wildman–Crippen MR) is 162 cm³/mol. The van der Waals surface area contributed by atoms with E-state index in [0.29, 0.717) is 24.9 Å². The highest BCUT2D eigenvalue weighted by Crippen LogP contribution is 2.22. The van der Waals surface area contributed by atoms with Crippen LogP contribution in [0.15, 0.2) is 34.1 Å². The fourth-order valence-corrected chi connectivity index (χ4v) is 6.95. The summed E-state index contributed by atoms with van der Waals surface area (Å²) in [6.45, 7) is 5.01. The Bertz CT molecular complexity index is 1960. The Morgan fingerprint density at radius 1 is 1.11 bits per heavy atom. The molecule has 19 heteroatoms. The van der Waals surface area contributed by atoms with Gasteiger partial charge >= 0.3 is 11.5 Å². The second kappa shape index (κ2) is 13.6. The third-order valence-corrected chi connectivity index (χ3v) is 9.67. The van der Waals surface area contributed by atoms with Gasteiger partial charge in [-0.05, 0) is 36.5 Å². The Kier molecular flexibility index (Phi) is 10.6. The summed E-state index contributed by atoms with van der Waals surface area (Å²) in [5, 5.41) is 19.2. The Balaban J connectivity index is 0.000000304. The molecule has 16 nitrogen and oxygen atoms in total. The molecule has 1 aliphatic heterocycles. The smallest absolute Gasteiger partial charge is 0.358 e. The molecule has 1 aliphatic rings. The maximum absolute atomic E-state index is 13.0. The Morgan fingerprint density at radius 2 is 1.70 bits per heavy atom. The molecule has 1 aromatic carbocycles. The van der Waals surface area contributed by atoms with Crippen molar-refractivity contribution in [2.45, 2.75) is 37.5 Å². The van der Waals surface area contributed by atoms with Gasteiger partial charge in [0.1, 0.15) is 12.4 Å². The SMILES string of the molecule is CC1CC(C)CN(C(=O)Cn2cc(CS(C)(=O)=O)n3c(=O)c(O)c(C(=O)O)nc23)C1.CN(C)S(=O)(=O)c1cc(F)ccc1C(N)=O. The summed E-state index contributed by atoms with van der Waals surface area (Å²) in [5.41, 5.74) is 2.80. The number of piperidine rings is 1. The van der Waals surface area contributed by atoms with Gasteiger partial charge in [-0.3, -0.25) is 14.4 Å². The van der Waals surface area contributed by atoms with Gasteiger partial charge in [-0.15, -0.1) is 0 Å². The lowest BCUT2D eigenvalue weighted by Gasteiger charge is -2.35. The predicted octanol–water partition coefficient (Wildman–Crippen LogP) is 0.124. The number of imidazole rings is 1. The fraction of sp³-hybridized carbons (Fsp3) is 0.444. The average molecular weight is 687 g/mol. The number of primary amides is 1. The summed E-state index contributed by atoms with van der Waals surface area (Å²) in [7, 11) is -4.89. The van der Waals surface area contributed by atoms with Gasteiger partial charge in [0.2, 0.25) is 33.4 Å². The van der Waals surface area contributed by atoms with Gasteiger partial charge in [-0.1, -0.05) is 13.8 Å². The number of sulfonamides is 1. The van der Waals surface area contributed by atoms with E-state index in [-0.39, 0.29) is 29.5 Å². The number of carboxylic acids is 1. The quantitative estimate of drug-likeness (QED) is 0.288. The third-order valence-electron chi connectivity index (χ3n) is 7.00. The van der Waals surface area contributed by atoms with Crippen LogP contribution in [0.25, 0.3) is 5.78 Å². The van der Waals surface area contributed by atoms with Crippen LogP contribution in [0.5, 0.6) is 5.75 Å². The standard InChI is InChI=1S/C18H24N4O7S.C9H11FN2O3S/c1-10-4-11(2)6-20(5-10)13(23)8-21-7-12(9-30(3,28)29)22-16(25)15(24)14(17(26)27)19-18(21)22;1-12(2)16(14,15)8-5-6(10)3-4-7(8)9(11)13/h7,10-11,24H,4-6,8-9H2,1-3H3,(H,26,27);3-5H,1-2H3,(H2,11,13). The van der Waals surface area contributed by atoms with Crippen LogP contribution in [-0.4, -0.2) is 101 Å². The molecule has 2 amide bonds. The Labute approximate surface area is 263 Å². The number of nitrogens with zero attached hydrogens (tertiary/aromatic N) is 5. The number of halogens is 1. The van der Waals surface area contributed by atoms with Crippen molar-refractivity contribution in [3.8, 4) is 5.75 Å². The zero-order valence-corrected chi connectivity index (χ0v) is 27.3. The number of fused-ring (bicyclic) bond motifs is 1. The highest BCUT2D eigenvalue weighted by atomic mass is 32.2. The average Bonchev–Trinajstić information content (AvgIpc) is 3.24. The second-order valence-electron chi connectivity index (χ2n) is 11.4. The van der Waals surface area contributed by atoms with E-state index in [1.807, 2.05) is 13.8 Å².